The predicted molar refractivity (Wildman–Crippen MR) is 145 cm³/mol. The van der Waals surface area contributed by atoms with Crippen LogP contribution >= 0.6 is 23.4 Å². The van der Waals surface area contributed by atoms with Crippen molar-refractivity contribution in [1.82, 2.24) is 9.96 Å². The third-order valence-electron chi connectivity index (χ3n) is 6.42. The third-order valence-corrected chi connectivity index (χ3v) is 8.06. The number of carbonyl (C=O) groups excluding carboxylic acids is 2. The number of carboxylic acids is 1. The number of likely N-dealkylation sites (tertiary alicyclic amines) is 1. The lowest BCUT2D eigenvalue weighted by Gasteiger charge is -2.44. The van der Waals surface area contributed by atoms with Gasteiger partial charge in [-0.25, -0.2) is 9.86 Å². The Labute approximate surface area is 233 Å². The highest BCUT2D eigenvalue weighted by Crippen LogP contribution is 2.45. The molecule has 2 aliphatic rings. The normalized spacial score (nSPS) is 19.4. The van der Waals surface area contributed by atoms with Crippen LogP contribution in [0.1, 0.15) is 29.7 Å². The molecule has 2 amide bonds. The van der Waals surface area contributed by atoms with Crippen molar-refractivity contribution in [3.8, 4) is 0 Å². The Morgan fingerprint density at radius 1 is 1.33 bits per heavy atom. The van der Waals surface area contributed by atoms with Gasteiger partial charge in [0, 0.05) is 18.0 Å². The Hall–Kier alpha value is -3.74. The molecule has 4 unspecified atom stereocenters. The van der Waals surface area contributed by atoms with Gasteiger partial charge in [-0.2, -0.15) is 0 Å². The van der Waals surface area contributed by atoms with Crippen LogP contribution in [0.5, 0.6) is 0 Å². The van der Waals surface area contributed by atoms with Crippen molar-refractivity contribution >= 4 is 52.4 Å². The number of hydrogen-bond acceptors (Lipinski definition) is 8. The summed E-state index contributed by atoms with van der Waals surface area (Å²) < 4.78 is 0. The van der Waals surface area contributed by atoms with E-state index in [1.807, 2.05) is 31.2 Å². The van der Waals surface area contributed by atoms with Gasteiger partial charge < -0.3 is 10.0 Å². The minimum atomic E-state index is -1.29. The molecule has 0 bridgehead atoms. The van der Waals surface area contributed by atoms with Crippen molar-refractivity contribution in [3.63, 3.8) is 0 Å². The van der Waals surface area contributed by atoms with Crippen LogP contribution < -0.4 is 0 Å². The zero-order valence-electron chi connectivity index (χ0n) is 20.8. The van der Waals surface area contributed by atoms with E-state index in [0.717, 1.165) is 17.0 Å². The number of benzene rings is 2. The van der Waals surface area contributed by atoms with E-state index in [4.69, 9.17) is 16.4 Å². The highest BCUT2D eigenvalue weighted by Gasteiger charge is 2.57. The lowest BCUT2D eigenvalue weighted by molar-refractivity contribution is -0.384. The molecular formula is C26H25ClN4O7S. The first-order valence-electron chi connectivity index (χ1n) is 11.9. The second kappa shape index (κ2) is 12.0. The molecule has 0 radical (unpaired) electrons. The molecule has 1 N–H and O–H groups in total. The van der Waals surface area contributed by atoms with E-state index in [2.05, 4.69) is 11.6 Å². The second-order valence-corrected chi connectivity index (χ2v) is 10.3. The highest BCUT2D eigenvalue weighted by molar-refractivity contribution is 8.15. The van der Waals surface area contributed by atoms with Gasteiger partial charge in [0.15, 0.2) is 12.1 Å². The van der Waals surface area contributed by atoms with Crippen molar-refractivity contribution < 1.29 is 29.3 Å². The molecule has 1 fully saturated rings. The number of hydrogen-bond donors (Lipinski definition) is 1. The van der Waals surface area contributed by atoms with Gasteiger partial charge in [-0.3, -0.25) is 29.5 Å². The van der Waals surface area contributed by atoms with Crippen molar-refractivity contribution in [2.75, 3.05) is 5.88 Å². The number of nitro groups is 1. The average molecular weight is 573 g/mol. The molecule has 204 valence electrons. The number of amides is 2. The Bertz CT molecular complexity index is 1340. The SMILES string of the molecule is C=C(CCl)C(C(=O)O)N1C(=O)C2N=C(C(c3cccc(CC)c3)N(C=O)OCc3ccc([N+](=O)[O-])cc3)SC21. The van der Waals surface area contributed by atoms with Gasteiger partial charge >= 0.3 is 5.97 Å². The molecule has 11 nitrogen and oxygen atoms in total. The quantitative estimate of drug-likeness (QED) is 0.0955. The number of carboxylic acid groups (broad SMARTS) is 1. The van der Waals surface area contributed by atoms with E-state index in [1.54, 1.807) is 0 Å². The Kier molecular flexibility index (Phi) is 8.68. The third kappa shape index (κ3) is 5.68. The fraction of sp³-hybridized carbons (Fsp3) is 0.308. The van der Waals surface area contributed by atoms with Crippen LogP contribution in [0, 0.1) is 10.1 Å². The summed E-state index contributed by atoms with van der Waals surface area (Å²) in [6, 6.07) is 10.3. The van der Waals surface area contributed by atoms with Crippen molar-refractivity contribution in [2.24, 2.45) is 4.99 Å². The first kappa shape index (κ1) is 28.3. The molecule has 4 rings (SSSR count). The minimum Gasteiger partial charge on any atom is -0.479 e. The van der Waals surface area contributed by atoms with Gasteiger partial charge in [0.1, 0.15) is 23.1 Å². The maximum Gasteiger partial charge on any atom is 0.330 e. The summed E-state index contributed by atoms with van der Waals surface area (Å²) in [6.45, 7) is 5.64. The molecule has 0 saturated carbocycles. The van der Waals surface area contributed by atoms with Crippen molar-refractivity contribution in [3.05, 3.63) is 87.5 Å². The maximum absolute atomic E-state index is 12.9. The lowest BCUT2D eigenvalue weighted by atomic mass is 9.99. The van der Waals surface area contributed by atoms with E-state index in [9.17, 15) is 29.6 Å². The molecule has 0 aliphatic carbocycles. The number of halogens is 1. The molecule has 39 heavy (non-hydrogen) atoms. The molecule has 1 saturated heterocycles. The van der Waals surface area contributed by atoms with Crippen molar-refractivity contribution in [2.45, 2.75) is 43.5 Å². The van der Waals surface area contributed by atoms with Crippen LogP contribution in [-0.2, 0) is 32.2 Å². The molecule has 13 heteroatoms. The summed E-state index contributed by atoms with van der Waals surface area (Å²) in [4.78, 5) is 59.2. The van der Waals surface area contributed by atoms with E-state index < -0.39 is 40.3 Å². The molecule has 0 aromatic heterocycles. The number of aliphatic carboxylic acids is 1. The van der Waals surface area contributed by atoms with E-state index in [1.165, 1.54) is 40.9 Å². The number of aryl methyl sites for hydroxylation is 1. The van der Waals surface area contributed by atoms with Crippen molar-refractivity contribution in [1.29, 1.82) is 0 Å². The Morgan fingerprint density at radius 2 is 2.05 bits per heavy atom. The van der Waals surface area contributed by atoms with E-state index in [0.29, 0.717) is 22.6 Å². The van der Waals surface area contributed by atoms with Gasteiger partial charge in [-0.1, -0.05) is 49.5 Å². The Balaban J connectivity index is 1.62. The number of β-lactam (4-membered cyclic amide) rings is 1. The summed E-state index contributed by atoms with van der Waals surface area (Å²) in [7, 11) is 0. The number of non-ortho nitro benzene ring substituents is 1. The number of fused-ring (bicyclic) bond motifs is 1. The van der Waals surface area contributed by atoms with Gasteiger partial charge in [0.2, 0.25) is 6.41 Å². The number of hydroxylamine groups is 2. The largest absolute Gasteiger partial charge is 0.479 e. The van der Waals surface area contributed by atoms with Crippen LogP contribution in [0.4, 0.5) is 5.69 Å². The molecule has 4 atom stereocenters. The highest BCUT2D eigenvalue weighted by atomic mass is 35.5. The zero-order valence-corrected chi connectivity index (χ0v) is 22.4. The van der Waals surface area contributed by atoms with Crippen LogP contribution in [0.2, 0.25) is 0 Å². The monoisotopic (exact) mass is 572 g/mol. The minimum absolute atomic E-state index is 0.0623. The predicted octanol–water partition coefficient (Wildman–Crippen LogP) is 3.72. The topological polar surface area (TPSA) is 143 Å². The molecule has 2 aliphatic heterocycles. The summed E-state index contributed by atoms with van der Waals surface area (Å²) in [5, 5.41) is 21.6. The smallest absolute Gasteiger partial charge is 0.330 e. The van der Waals surface area contributed by atoms with E-state index >= 15 is 0 Å². The van der Waals surface area contributed by atoms with Crippen LogP contribution in [0.25, 0.3) is 0 Å². The number of carbonyl (C=O) groups is 3. The molecule has 0 spiro atoms. The first-order chi connectivity index (χ1) is 18.7. The van der Waals surface area contributed by atoms with Gasteiger partial charge in [0.05, 0.1) is 4.92 Å². The number of aliphatic imine (C=N–C) groups is 1. The average Bonchev–Trinajstić information content (AvgIpc) is 3.33. The fourth-order valence-electron chi connectivity index (χ4n) is 4.38. The van der Waals surface area contributed by atoms with Gasteiger partial charge in [-0.05, 0) is 40.8 Å². The molecular weight excluding hydrogens is 548 g/mol. The van der Waals surface area contributed by atoms with Crippen LogP contribution in [0.15, 0.2) is 65.7 Å². The lowest BCUT2D eigenvalue weighted by Crippen LogP contribution is -2.66. The fourth-order valence-corrected chi connectivity index (χ4v) is 5.97. The van der Waals surface area contributed by atoms with Crippen LogP contribution in [-0.4, -0.2) is 66.7 Å². The van der Waals surface area contributed by atoms with Gasteiger partial charge in [-0.15, -0.1) is 11.6 Å². The molecule has 2 aromatic carbocycles. The number of nitro benzene ring substituents is 1. The van der Waals surface area contributed by atoms with E-state index in [-0.39, 0.29) is 23.7 Å². The van der Waals surface area contributed by atoms with Crippen LogP contribution in [0.3, 0.4) is 0 Å². The number of alkyl halides is 1. The molecule has 2 heterocycles. The zero-order chi connectivity index (χ0) is 28.3. The second-order valence-electron chi connectivity index (χ2n) is 8.86. The summed E-state index contributed by atoms with van der Waals surface area (Å²) in [6.07, 6.45) is 1.25. The maximum atomic E-state index is 12.9. The van der Waals surface area contributed by atoms with Gasteiger partial charge in [0.25, 0.3) is 11.6 Å². The number of nitrogens with zero attached hydrogens (tertiary/aromatic N) is 4. The standard InChI is InChI=1S/C26H25ClN4O7S/c1-3-16-5-4-6-18(11-16)22(29(14-32)38-13-17-7-9-19(10-8-17)31(36)37)23-28-20-24(33)30(25(20)39-23)21(26(34)35)15(2)12-27/h4-11,14,20-22,25H,2-3,12-13H2,1H3,(H,34,35). The molecule has 2 aromatic rings. The summed E-state index contributed by atoms with van der Waals surface area (Å²) in [5.74, 6) is -1.83. The number of thioether (sulfide) groups is 1. The number of rotatable bonds is 13. The Morgan fingerprint density at radius 3 is 2.64 bits per heavy atom. The summed E-state index contributed by atoms with van der Waals surface area (Å²) >= 11 is 7.02. The summed E-state index contributed by atoms with van der Waals surface area (Å²) in [5.41, 5.74) is 2.40. The first-order valence-corrected chi connectivity index (χ1v) is 13.3.